The van der Waals surface area contributed by atoms with Gasteiger partial charge in [-0.15, -0.1) is 0 Å². The number of methoxy groups -OCH3 is 1. The fourth-order valence-electron chi connectivity index (χ4n) is 6.22. The summed E-state index contributed by atoms with van der Waals surface area (Å²) in [4.78, 5) is 33.5. The van der Waals surface area contributed by atoms with Gasteiger partial charge in [0.25, 0.3) is 0 Å². The molecule has 4 amide bonds. The molecule has 0 saturated carbocycles. The van der Waals surface area contributed by atoms with Crippen molar-refractivity contribution in [2.24, 2.45) is 0 Å². The predicted molar refractivity (Wildman–Crippen MR) is 160 cm³/mol. The maximum Gasteiger partial charge on any atom is 0.320 e. The van der Waals surface area contributed by atoms with Crippen LogP contribution in [-0.2, 0) is 10.3 Å². The molecule has 2 aromatic carbocycles. The molecule has 43 heavy (non-hydrogen) atoms. The molecular formula is C32H40N8O3. The third-order valence-electron chi connectivity index (χ3n) is 9.10. The van der Waals surface area contributed by atoms with Crippen LogP contribution in [0.25, 0.3) is 0 Å². The van der Waals surface area contributed by atoms with Crippen LogP contribution >= 0.6 is 0 Å². The average molecular weight is 585 g/mol. The number of nitriles is 2. The number of rotatable bonds is 5. The van der Waals surface area contributed by atoms with Crippen LogP contribution < -0.4 is 5.32 Å². The van der Waals surface area contributed by atoms with Gasteiger partial charge in [0.05, 0.1) is 25.2 Å². The maximum atomic E-state index is 12.4. The van der Waals surface area contributed by atoms with Gasteiger partial charge in [-0.2, -0.15) is 10.5 Å². The van der Waals surface area contributed by atoms with E-state index in [9.17, 15) is 9.59 Å². The summed E-state index contributed by atoms with van der Waals surface area (Å²) in [5.41, 5.74) is 2.01. The number of likely N-dealkylation sites (tertiary alicyclic amines) is 4. The zero-order valence-corrected chi connectivity index (χ0v) is 24.9. The minimum atomic E-state index is -0.396. The standard InChI is InChI=1S/C16H20N4O2.C16H20N4O/c1-22-16(13-5-3-2-4-6-13)10-20(11-16)15(21)18-14-7-8-19(9-14)12-17;1-18(15-7-8-19(11-15)12-17)16(21)20-9-14(10-20)13-5-3-2-4-6-13/h2-6,14H,7-11H2,1H3,(H,18,21);2-6,14-15H,7-11H2,1H3/t14-;15-/m11/s1. The Balaban J connectivity index is 0.000000171. The van der Waals surface area contributed by atoms with Crippen LogP contribution in [-0.4, -0.2) is 115 Å². The van der Waals surface area contributed by atoms with Gasteiger partial charge in [-0.1, -0.05) is 60.7 Å². The number of likely N-dealkylation sites (N-methyl/N-ethyl adjacent to an activating group) is 1. The van der Waals surface area contributed by atoms with E-state index >= 15 is 0 Å². The number of nitrogens with one attached hydrogen (secondary N) is 1. The van der Waals surface area contributed by atoms with Crippen LogP contribution in [0.1, 0.15) is 29.9 Å². The number of amides is 4. The molecule has 1 N–H and O–H groups in total. The Hall–Kier alpha value is -4.48. The van der Waals surface area contributed by atoms with Gasteiger partial charge in [-0.3, -0.25) is 0 Å². The average Bonchev–Trinajstić information content (AvgIpc) is 3.67. The first-order valence-electron chi connectivity index (χ1n) is 14.9. The summed E-state index contributed by atoms with van der Waals surface area (Å²) in [5, 5.41) is 20.7. The number of ether oxygens (including phenoxy) is 1. The van der Waals surface area contributed by atoms with E-state index in [1.807, 2.05) is 60.5 Å². The summed E-state index contributed by atoms with van der Waals surface area (Å²) in [5.74, 6) is 0.461. The van der Waals surface area contributed by atoms with Crippen molar-refractivity contribution >= 4 is 12.1 Å². The summed E-state index contributed by atoms with van der Waals surface area (Å²) >= 11 is 0. The summed E-state index contributed by atoms with van der Waals surface area (Å²) < 4.78 is 5.67. The van der Waals surface area contributed by atoms with Gasteiger partial charge >= 0.3 is 12.1 Å². The molecule has 4 fully saturated rings. The second-order valence-electron chi connectivity index (χ2n) is 11.8. The number of urea groups is 2. The number of hydrogen-bond acceptors (Lipinski definition) is 7. The van der Waals surface area contributed by atoms with Crippen LogP contribution in [0.15, 0.2) is 60.7 Å². The lowest BCUT2D eigenvalue weighted by Gasteiger charge is -2.49. The molecule has 226 valence electrons. The molecule has 0 unspecified atom stereocenters. The largest absolute Gasteiger partial charge is 0.370 e. The lowest BCUT2D eigenvalue weighted by molar-refractivity contribution is -0.111. The molecule has 0 bridgehead atoms. The van der Waals surface area contributed by atoms with Crippen LogP contribution in [0.4, 0.5) is 9.59 Å². The summed E-state index contributed by atoms with van der Waals surface area (Å²) in [7, 11) is 3.54. The molecule has 11 nitrogen and oxygen atoms in total. The molecule has 6 rings (SSSR count). The highest BCUT2D eigenvalue weighted by atomic mass is 16.5. The van der Waals surface area contributed by atoms with E-state index in [4.69, 9.17) is 15.3 Å². The topological polar surface area (TPSA) is 119 Å². The minimum absolute atomic E-state index is 0.0569. The summed E-state index contributed by atoms with van der Waals surface area (Å²) in [6.45, 7) is 5.42. The first-order chi connectivity index (χ1) is 20.9. The Morgan fingerprint density at radius 1 is 0.884 bits per heavy atom. The third-order valence-corrected chi connectivity index (χ3v) is 9.10. The Kier molecular flexibility index (Phi) is 9.22. The van der Waals surface area contributed by atoms with Crippen molar-refractivity contribution in [2.45, 2.75) is 36.4 Å². The van der Waals surface area contributed by atoms with E-state index in [0.29, 0.717) is 38.6 Å². The maximum absolute atomic E-state index is 12.4. The van der Waals surface area contributed by atoms with Gasteiger partial charge in [-0.05, 0) is 24.0 Å². The second kappa shape index (κ2) is 13.2. The molecule has 4 aliphatic rings. The zero-order valence-electron chi connectivity index (χ0n) is 24.9. The number of nitrogens with zero attached hydrogens (tertiary/aromatic N) is 7. The van der Waals surface area contributed by atoms with Crippen molar-refractivity contribution < 1.29 is 14.3 Å². The van der Waals surface area contributed by atoms with Gasteiger partial charge in [0.2, 0.25) is 0 Å². The first-order valence-corrected chi connectivity index (χ1v) is 14.9. The van der Waals surface area contributed by atoms with Gasteiger partial charge in [0.1, 0.15) is 5.60 Å². The Morgan fingerprint density at radius 3 is 2.07 bits per heavy atom. The monoisotopic (exact) mass is 584 g/mol. The Morgan fingerprint density at radius 2 is 1.49 bits per heavy atom. The highest BCUT2D eigenvalue weighted by molar-refractivity contribution is 5.76. The van der Waals surface area contributed by atoms with Gasteiger partial charge in [-0.25, -0.2) is 9.59 Å². The number of carbonyl (C=O) groups is 2. The van der Waals surface area contributed by atoms with Crippen LogP contribution in [0, 0.1) is 22.9 Å². The number of carbonyl (C=O) groups excluding carboxylic acids is 2. The summed E-state index contributed by atoms with van der Waals surface area (Å²) in [6.07, 6.45) is 5.97. The highest BCUT2D eigenvalue weighted by Gasteiger charge is 2.47. The van der Waals surface area contributed by atoms with Crippen molar-refractivity contribution in [1.29, 1.82) is 10.5 Å². The van der Waals surface area contributed by atoms with E-state index in [1.54, 1.807) is 26.7 Å². The molecule has 4 aliphatic heterocycles. The highest BCUT2D eigenvalue weighted by Crippen LogP contribution is 2.35. The normalized spacial score (nSPS) is 22.3. The molecular weight excluding hydrogens is 544 g/mol. The lowest BCUT2D eigenvalue weighted by Crippen LogP contribution is -2.64. The molecule has 0 aromatic heterocycles. The van der Waals surface area contributed by atoms with Crippen molar-refractivity contribution in [3.8, 4) is 12.4 Å². The van der Waals surface area contributed by atoms with Crippen LogP contribution in [0.3, 0.4) is 0 Å². The predicted octanol–water partition coefficient (Wildman–Crippen LogP) is 2.80. The molecule has 2 aromatic rings. The molecule has 11 heteroatoms. The quantitative estimate of drug-likeness (QED) is 0.537. The second-order valence-corrected chi connectivity index (χ2v) is 11.8. The zero-order chi connectivity index (χ0) is 30.4. The van der Waals surface area contributed by atoms with Crippen molar-refractivity contribution in [3.05, 3.63) is 71.8 Å². The third kappa shape index (κ3) is 6.63. The van der Waals surface area contributed by atoms with Crippen LogP contribution in [0.2, 0.25) is 0 Å². The Bertz CT molecular complexity index is 1330. The van der Waals surface area contributed by atoms with E-state index in [1.165, 1.54) is 5.56 Å². The smallest absolute Gasteiger partial charge is 0.320 e. The number of hydrogen-bond donors (Lipinski definition) is 1. The van der Waals surface area contributed by atoms with Crippen molar-refractivity contribution in [1.82, 2.24) is 29.8 Å². The SMILES string of the molecule is CN(C(=O)N1CC(c2ccccc2)C1)[C@@H]1CCN(C#N)C1.COC1(c2ccccc2)CN(C(=O)N[C@@H]2CCN(C#N)C2)C1. The summed E-state index contributed by atoms with van der Waals surface area (Å²) in [6, 6.07) is 20.6. The number of benzene rings is 2. The Labute approximate surface area is 253 Å². The van der Waals surface area contributed by atoms with Gasteiger partial charge in [0, 0.05) is 59.3 Å². The van der Waals surface area contributed by atoms with E-state index in [2.05, 4.69) is 29.8 Å². The van der Waals surface area contributed by atoms with Crippen molar-refractivity contribution in [3.63, 3.8) is 0 Å². The fourth-order valence-corrected chi connectivity index (χ4v) is 6.22. The fraction of sp³-hybridized carbons (Fsp3) is 0.500. The molecule has 4 saturated heterocycles. The van der Waals surface area contributed by atoms with E-state index < -0.39 is 5.60 Å². The molecule has 4 heterocycles. The van der Waals surface area contributed by atoms with E-state index in [-0.39, 0.29) is 24.1 Å². The van der Waals surface area contributed by atoms with E-state index in [0.717, 1.165) is 38.0 Å². The first kappa shape index (κ1) is 30.0. The molecule has 0 aliphatic carbocycles. The minimum Gasteiger partial charge on any atom is -0.370 e. The molecule has 0 spiro atoms. The van der Waals surface area contributed by atoms with Crippen LogP contribution in [0.5, 0.6) is 0 Å². The van der Waals surface area contributed by atoms with Crippen molar-refractivity contribution in [2.75, 3.05) is 66.5 Å². The molecule has 0 radical (unpaired) electrons. The van der Waals surface area contributed by atoms with Gasteiger partial charge in [0.15, 0.2) is 12.4 Å². The molecule has 2 atom stereocenters. The lowest BCUT2D eigenvalue weighted by atomic mass is 9.86. The van der Waals surface area contributed by atoms with Gasteiger partial charge < -0.3 is 34.6 Å².